The maximum absolute atomic E-state index is 12.1. The lowest BCUT2D eigenvalue weighted by atomic mass is 10.0. The van der Waals surface area contributed by atoms with Gasteiger partial charge in [-0.2, -0.15) is 0 Å². The molecule has 0 amide bonds. The number of hydrogen-bond donors (Lipinski definition) is 2. The zero-order valence-corrected chi connectivity index (χ0v) is 26.3. The number of rotatable bonds is 31. The highest BCUT2D eigenvalue weighted by molar-refractivity contribution is 7.47. The normalized spacial score (nSPS) is 13.8. The van der Waals surface area contributed by atoms with Crippen molar-refractivity contribution in [2.45, 2.75) is 155 Å². The van der Waals surface area contributed by atoms with Crippen LogP contribution in [0.25, 0.3) is 0 Å². The number of phosphoric ester groups is 1. The Morgan fingerprint density at radius 2 is 1.13 bits per heavy atom. The molecule has 0 rings (SSSR count). The minimum atomic E-state index is -4.24. The topological polar surface area (TPSA) is 117 Å². The number of phosphoric acid groups is 1. The third-order valence-corrected chi connectivity index (χ3v) is 7.76. The van der Waals surface area contributed by atoms with Crippen molar-refractivity contribution in [2.75, 3.05) is 33.0 Å². The summed E-state index contributed by atoms with van der Waals surface area (Å²) in [4.78, 5) is 21.8. The Kier molecular flexibility index (Phi) is 28.6. The van der Waals surface area contributed by atoms with E-state index in [4.69, 9.17) is 24.3 Å². The summed E-state index contributed by atoms with van der Waals surface area (Å²) in [6.07, 6.45) is 24.8. The molecule has 0 saturated carbocycles. The van der Waals surface area contributed by atoms with Gasteiger partial charge in [0.15, 0.2) is 0 Å². The van der Waals surface area contributed by atoms with Gasteiger partial charge in [-0.25, -0.2) is 4.57 Å². The zero-order chi connectivity index (χ0) is 28.9. The molecular weight excluding hydrogens is 517 g/mol. The molecule has 0 aliphatic heterocycles. The first-order valence-corrected chi connectivity index (χ1v) is 17.5. The Hall–Kier alpha value is -0.500. The average molecular weight is 580 g/mol. The minimum absolute atomic E-state index is 0.0922. The van der Waals surface area contributed by atoms with Crippen molar-refractivity contribution in [2.24, 2.45) is 5.73 Å². The van der Waals surface area contributed by atoms with Crippen molar-refractivity contribution in [3.05, 3.63) is 0 Å². The van der Waals surface area contributed by atoms with Crippen molar-refractivity contribution in [1.82, 2.24) is 0 Å². The molecule has 0 aliphatic carbocycles. The summed E-state index contributed by atoms with van der Waals surface area (Å²) in [5, 5.41) is 0. The van der Waals surface area contributed by atoms with Crippen LogP contribution in [-0.2, 0) is 27.9 Å². The van der Waals surface area contributed by atoms with Gasteiger partial charge < -0.3 is 20.1 Å². The summed E-state index contributed by atoms with van der Waals surface area (Å²) in [5.41, 5.74) is 5.30. The van der Waals surface area contributed by atoms with Crippen LogP contribution in [0.4, 0.5) is 0 Å². The first-order chi connectivity index (χ1) is 18.9. The van der Waals surface area contributed by atoms with E-state index in [0.717, 1.165) is 32.1 Å². The zero-order valence-electron chi connectivity index (χ0n) is 25.4. The molecule has 0 aromatic heterocycles. The fraction of sp³-hybridized carbons (Fsp3) is 0.967. The van der Waals surface area contributed by atoms with Gasteiger partial charge in [-0.15, -0.1) is 0 Å². The molecule has 3 N–H and O–H groups in total. The predicted octanol–water partition coefficient (Wildman–Crippen LogP) is 8.24. The molecule has 0 aromatic rings. The van der Waals surface area contributed by atoms with Gasteiger partial charge in [0, 0.05) is 19.6 Å². The fourth-order valence-electron chi connectivity index (χ4n) is 4.41. The quantitative estimate of drug-likeness (QED) is 0.0479. The monoisotopic (exact) mass is 579 g/mol. The Morgan fingerprint density at radius 3 is 1.62 bits per heavy atom. The van der Waals surface area contributed by atoms with Gasteiger partial charge in [0.25, 0.3) is 0 Å². The van der Waals surface area contributed by atoms with Crippen LogP contribution in [0.15, 0.2) is 0 Å². The van der Waals surface area contributed by atoms with E-state index in [1.807, 2.05) is 0 Å². The van der Waals surface area contributed by atoms with Crippen LogP contribution in [-0.4, -0.2) is 49.9 Å². The summed E-state index contributed by atoms with van der Waals surface area (Å²) < 4.78 is 32.8. The van der Waals surface area contributed by atoms with Crippen molar-refractivity contribution in [3.63, 3.8) is 0 Å². The lowest BCUT2D eigenvalue weighted by Crippen LogP contribution is -2.28. The molecule has 0 aliphatic rings. The summed E-state index contributed by atoms with van der Waals surface area (Å²) in [5.74, 6) is -0.353. The molecule has 0 spiro atoms. The third-order valence-electron chi connectivity index (χ3n) is 6.77. The SMILES string of the molecule is CCCCCCCCCCCCCCCCCCCOCC(COP(=O)(O)OCCN)OC(=O)CCCCC. The van der Waals surface area contributed by atoms with Gasteiger partial charge in [0.2, 0.25) is 0 Å². The number of ether oxygens (including phenoxy) is 2. The molecule has 8 nitrogen and oxygen atoms in total. The highest BCUT2D eigenvalue weighted by Crippen LogP contribution is 2.43. The molecule has 0 radical (unpaired) electrons. The highest BCUT2D eigenvalue weighted by atomic mass is 31.2. The van der Waals surface area contributed by atoms with Crippen LogP contribution in [0.3, 0.4) is 0 Å². The molecule has 0 saturated heterocycles. The van der Waals surface area contributed by atoms with Gasteiger partial charge in [-0.1, -0.05) is 129 Å². The highest BCUT2D eigenvalue weighted by Gasteiger charge is 2.25. The second-order valence-corrected chi connectivity index (χ2v) is 12.1. The van der Waals surface area contributed by atoms with E-state index in [1.165, 1.54) is 96.3 Å². The van der Waals surface area contributed by atoms with E-state index in [-0.39, 0.29) is 32.3 Å². The molecule has 0 bridgehead atoms. The molecule has 234 valence electrons. The van der Waals surface area contributed by atoms with Crippen molar-refractivity contribution >= 4 is 13.8 Å². The molecule has 2 atom stereocenters. The predicted molar refractivity (Wildman–Crippen MR) is 160 cm³/mol. The lowest BCUT2D eigenvalue weighted by molar-refractivity contribution is -0.154. The van der Waals surface area contributed by atoms with Gasteiger partial charge in [0.1, 0.15) is 6.10 Å². The number of hydrogen-bond acceptors (Lipinski definition) is 7. The molecule has 0 fully saturated rings. The minimum Gasteiger partial charge on any atom is -0.457 e. The van der Waals surface area contributed by atoms with Crippen molar-refractivity contribution < 1.29 is 32.8 Å². The summed E-state index contributed by atoms with van der Waals surface area (Å²) in [7, 11) is -4.24. The van der Waals surface area contributed by atoms with Crippen LogP contribution >= 0.6 is 7.82 Å². The van der Waals surface area contributed by atoms with Crippen molar-refractivity contribution in [3.8, 4) is 0 Å². The largest absolute Gasteiger partial charge is 0.472 e. The van der Waals surface area contributed by atoms with Crippen LogP contribution < -0.4 is 5.73 Å². The molecule has 0 aromatic carbocycles. The molecule has 2 unspecified atom stereocenters. The third kappa shape index (κ3) is 28.8. The Morgan fingerprint density at radius 1 is 0.667 bits per heavy atom. The van der Waals surface area contributed by atoms with E-state index >= 15 is 0 Å². The maximum atomic E-state index is 12.1. The Labute approximate surface area is 240 Å². The first kappa shape index (κ1) is 38.5. The number of nitrogens with two attached hydrogens (primary N) is 1. The van der Waals surface area contributed by atoms with Crippen LogP contribution in [0, 0.1) is 0 Å². The van der Waals surface area contributed by atoms with Crippen LogP contribution in [0.2, 0.25) is 0 Å². The molecule has 9 heteroatoms. The number of carbonyl (C=O) groups excluding carboxylic acids is 1. The molecule has 0 heterocycles. The average Bonchev–Trinajstić information content (AvgIpc) is 2.92. The second-order valence-electron chi connectivity index (χ2n) is 10.7. The van der Waals surface area contributed by atoms with Gasteiger partial charge in [-0.3, -0.25) is 13.8 Å². The lowest BCUT2D eigenvalue weighted by Gasteiger charge is -2.20. The number of unbranched alkanes of at least 4 members (excludes halogenated alkanes) is 18. The van der Waals surface area contributed by atoms with E-state index in [0.29, 0.717) is 13.0 Å². The van der Waals surface area contributed by atoms with E-state index < -0.39 is 13.9 Å². The van der Waals surface area contributed by atoms with Gasteiger partial charge in [0.05, 0.1) is 19.8 Å². The fourth-order valence-corrected chi connectivity index (χ4v) is 5.17. The van der Waals surface area contributed by atoms with Crippen LogP contribution in [0.1, 0.15) is 149 Å². The summed E-state index contributed by atoms with van der Waals surface area (Å²) in [6.45, 7) is 4.76. The number of carbonyl (C=O) groups is 1. The summed E-state index contributed by atoms with van der Waals surface area (Å²) >= 11 is 0. The standard InChI is InChI=1S/C30H62NO7P/c1-3-5-7-8-9-10-11-12-13-14-15-16-17-18-19-20-22-25-35-27-29(38-30(32)23-21-6-4-2)28-37-39(33,34)36-26-24-31/h29H,3-28,31H2,1-2H3,(H,33,34). The van der Waals surface area contributed by atoms with Crippen molar-refractivity contribution in [1.29, 1.82) is 0 Å². The second kappa shape index (κ2) is 29.0. The van der Waals surface area contributed by atoms with Gasteiger partial charge in [-0.05, 0) is 12.8 Å². The Balaban J connectivity index is 3.82. The molecule has 39 heavy (non-hydrogen) atoms. The Bertz CT molecular complexity index is 580. The van der Waals surface area contributed by atoms with E-state index in [9.17, 15) is 14.3 Å². The van der Waals surface area contributed by atoms with E-state index in [1.54, 1.807) is 0 Å². The first-order valence-electron chi connectivity index (χ1n) is 16.0. The maximum Gasteiger partial charge on any atom is 0.472 e. The number of esters is 1. The van der Waals surface area contributed by atoms with E-state index in [2.05, 4.69) is 13.8 Å². The van der Waals surface area contributed by atoms with Crippen LogP contribution in [0.5, 0.6) is 0 Å². The van der Waals surface area contributed by atoms with Gasteiger partial charge >= 0.3 is 13.8 Å². The molecular formula is C30H62NO7P. The summed E-state index contributed by atoms with van der Waals surface area (Å²) in [6, 6.07) is 0. The smallest absolute Gasteiger partial charge is 0.457 e.